The number of hydrogen-bond donors (Lipinski definition) is 2. The zero-order valence-electron chi connectivity index (χ0n) is 11.8. The number of benzene rings is 1. The van der Waals surface area contributed by atoms with Gasteiger partial charge in [-0.25, -0.2) is 17.5 Å². The van der Waals surface area contributed by atoms with Crippen molar-refractivity contribution in [3.8, 4) is 0 Å². The van der Waals surface area contributed by atoms with Gasteiger partial charge >= 0.3 is 0 Å². The summed E-state index contributed by atoms with van der Waals surface area (Å²) in [6.07, 6.45) is 0. The van der Waals surface area contributed by atoms with E-state index in [4.69, 9.17) is 0 Å². The molecule has 0 saturated carbocycles. The maximum atomic E-state index is 13.5. The van der Waals surface area contributed by atoms with Crippen molar-refractivity contribution in [3.63, 3.8) is 0 Å². The number of halogens is 1. The van der Waals surface area contributed by atoms with Crippen molar-refractivity contribution in [2.24, 2.45) is 0 Å². The second-order valence-corrected chi connectivity index (χ2v) is 7.29. The molecule has 0 aliphatic heterocycles. The summed E-state index contributed by atoms with van der Waals surface area (Å²) in [5.41, 5.74) is 1.02. The van der Waals surface area contributed by atoms with Crippen molar-refractivity contribution in [2.45, 2.75) is 24.9 Å². The van der Waals surface area contributed by atoms with Crippen LogP contribution >= 0.6 is 11.3 Å². The minimum Gasteiger partial charge on any atom is -0.315 e. The molecular formula is C14H17FN2O2S2. The van der Waals surface area contributed by atoms with Crippen molar-refractivity contribution in [2.75, 3.05) is 7.05 Å². The molecule has 0 aliphatic carbocycles. The number of aryl methyl sites for hydroxylation is 1. The van der Waals surface area contributed by atoms with Gasteiger partial charge in [0.15, 0.2) is 0 Å². The third kappa shape index (κ3) is 3.68. The summed E-state index contributed by atoms with van der Waals surface area (Å²) in [6, 6.07) is 6.12. The first kappa shape index (κ1) is 16.1. The maximum Gasteiger partial charge on any atom is 0.242 e. The number of thiophene rings is 1. The summed E-state index contributed by atoms with van der Waals surface area (Å²) >= 11 is 1.40. The first-order valence-electron chi connectivity index (χ1n) is 6.40. The zero-order valence-corrected chi connectivity index (χ0v) is 13.4. The number of nitrogens with one attached hydrogen (secondary N) is 2. The fourth-order valence-corrected chi connectivity index (χ4v) is 4.84. The Kier molecular flexibility index (Phi) is 5.10. The number of sulfonamides is 1. The normalized spacial score (nSPS) is 11.8. The van der Waals surface area contributed by atoms with Gasteiger partial charge in [-0.1, -0.05) is 18.2 Å². The Bertz CT molecular complexity index is 726. The quantitative estimate of drug-likeness (QED) is 0.856. The van der Waals surface area contributed by atoms with Gasteiger partial charge in [0, 0.05) is 23.5 Å². The Morgan fingerprint density at radius 3 is 2.62 bits per heavy atom. The second kappa shape index (κ2) is 6.65. The molecule has 2 aromatic rings. The van der Waals surface area contributed by atoms with Gasteiger partial charge < -0.3 is 5.32 Å². The smallest absolute Gasteiger partial charge is 0.242 e. The lowest BCUT2D eigenvalue weighted by Crippen LogP contribution is -2.25. The molecule has 21 heavy (non-hydrogen) atoms. The van der Waals surface area contributed by atoms with Crippen molar-refractivity contribution in [3.05, 3.63) is 51.5 Å². The van der Waals surface area contributed by atoms with Gasteiger partial charge in [0.25, 0.3) is 0 Å². The van der Waals surface area contributed by atoms with E-state index < -0.39 is 15.8 Å². The number of rotatable bonds is 6. The van der Waals surface area contributed by atoms with Crippen molar-refractivity contribution < 1.29 is 12.8 Å². The molecule has 2 N–H and O–H groups in total. The van der Waals surface area contributed by atoms with E-state index in [1.807, 2.05) is 5.38 Å². The van der Waals surface area contributed by atoms with E-state index in [1.54, 1.807) is 32.2 Å². The van der Waals surface area contributed by atoms with Crippen LogP contribution in [0.3, 0.4) is 0 Å². The molecule has 4 nitrogen and oxygen atoms in total. The highest BCUT2D eigenvalue weighted by molar-refractivity contribution is 7.89. The van der Waals surface area contributed by atoms with Crippen LogP contribution in [0.15, 0.2) is 34.5 Å². The third-order valence-electron chi connectivity index (χ3n) is 3.01. The molecule has 1 aromatic heterocycles. The molecule has 1 heterocycles. The van der Waals surface area contributed by atoms with Gasteiger partial charge in [0.2, 0.25) is 10.0 Å². The van der Waals surface area contributed by atoms with Crippen molar-refractivity contribution in [1.82, 2.24) is 10.0 Å². The lowest BCUT2D eigenvalue weighted by molar-refractivity contribution is 0.573. The van der Waals surface area contributed by atoms with Gasteiger partial charge in [-0.3, -0.25) is 0 Å². The van der Waals surface area contributed by atoms with E-state index in [9.17, 15) is 12.8 Å². The molecule has 2 rings (SSSR count). The molecule has 114 valence electrons. The highest BCUT2D eigenvalue weighted by Crippen LogP contribution is 2.26. The molecule has 0 bridgehead atoms. The summed E-state index contributed by atoms with van der Waals surface area (Å²) in [7, 11) is -1.90. The SMILES string of the molecule is CNCc1scc(C)c1S(=O)(=O)NCc1ccccc1F. The van der Waals surface area contributed by atoms with Crippen molar-refractivity contribution >= 4 is 21.4 Å². The minimum absolute atomic E-state index is 0.0662. The van der Waals surface area contributed by atoms with Crippen molar-refractivity contribution in [1.29, 1.82) is 0 Å². The van der Waals surface area contributed by atoms with Crippen LogP contribution in [-0.2, 0) is 23.1 Å². The van der Waals surface area contributed by atoms with Crippen LogP contribution in [0.1, 0.15) is 16.0 Å². The van der Waals surface area contributed by atoms with Gasteiger partial charge in [0.1, 0.15) is 10.7 Å². The fourth-order valence-electron chi connectivity index (χ4n) is 2.02. The molecular weight excluding hydrogens is 311 g/mol. The molecule has 0 saturated heterocycles. The highest BCUT2D eigenvalue weighted by atomic mass is 32.2. The third-order valence-corrected chi connectivity index (χ3v) is 5.87. The largest absolute Gasteiger partial charge is 0.315 e. The summed E-state index contributed by atoms with van der Waals surface area (Å²) in [5.74, 6) is -0.419. The van der Waals surface area contributed by atoms with E-state index in [1.165, 1.54) is 17.4 Å². The van der Waals surface area contributed by atoms with Crippen LogP contribution in [0.4, 0.5) is 4.39 Å². The summed E-state index contributed by atoms with van der Waals surface area (Å²) < 4.78 is 40.9. The van der Waals surface area contributed by atoms with Gasteiger partial charge in [-0.15, -0.1) is 11.3 Å². The Labute approximate surface area is 128 Å². The standard InChI is InChI=1S/C14H17FN2O2S2/c1-10-9-20-13(8-16-2)14(10)21(18,19)17-7-11-5-3-4-6-12(11)15/h3-6,9,16-17H,7-8H2,1-2H3. The molecule has 7 heteroatoms. The van der Waals surface area contributed by atoms with E-state index in [0.29, 0.717) is 17.7 Å². The monoisotopic (exact) mass is 328 g/mol. The van der Waals surface area contributed by atoms with E-state index in [2.05, 4.69) is 10.0 Å². The topological polar surface area (TPSA) is 58.2 Å². The molecule has 0 amide bonds. The summed E-state index contributed by atoms with van der Waals surface area (Å²) in [6.45, 7) is 2.17. The van der Waals surface area contributed by atoms with Gasteiger partial charge in [-0.05, 0) is 31.0 Å². The molecule has 0 radical (unpaired) electrons. The first-order valence-corrected chi connectivity index (χ1v) is 8.76. The second-order valence-electron chi connectivity index (χ2n) is 4.62. The predicted octanol–water partition coefficient (Wildman–Crippen LogP) is 2.39. The van der Waals surface area contributed by atoms with Crippen LogP contribution < -0.4 is 10.0 Å². The number of hydrogen-bond acceptors (Lipinski definition) is 4. The molecule has 1 aromatic carbocycles. The molecule has 0 atom stereocenters. The Hall–Kier alpha value is -1.28. The lowest BCUT2D eigenvalue weighted by atomic mass is 10.2. The lowest BCUT2D eigenvalue weighted by Gasteiger charge is -2.09. The van der Waals surface area contributed by atoms with Crippen LogP contribution in [0.2, 0.25) is 0 Å². The summed E-state index contributed by atoms with van der Waals surface area (Å²) in [5, 5.41) is 4.76. The Morgan fingerprint density at radius 2 is 1.95 bits per heavy atom. The highest BCUT2D eigenvalue weighted by Gasteiger charge is 2.22. The Morgan fingerprint density at radius 1 is 1.24 bits per heavy atom. The van der Waals surface area contributed by atoms with Crippen LogP contribution in [0.5, 0.6) is 0 Å². The van der Waals surface area contributed by atoms with E-state index in [0.717, 1.165) is 4.88 Å². The fraction of sp³-hybridized carbons (Fsp3) is 0.286. The predicted molar refractivity (Wildman–Crippen MR) is 82.2 cm³/mol. The molecule has 0 fully saturated rings. The average molecular weight is 328 g/mol. The molecule has 0 aliphatic rings. The summed E-state index contributed by atoms with van der Waals surface area (Å²) in [4.78, 5) is 1.04. The van der Waals surface area contributed by atoms with Gasteiger partial charge in [-0.2, -0.15) is 0 Å². The van der Waals surface area contributed by atoms with Crippen LogP contribution in [0, 0.1) is 12.7 Å². The first-order chi connectivity index (χ1) is 9.95. The van der Waals surface area contributed by atoms with E-state index in [-0.39, 0.29) is 11.4 Å². The Balaban J connectivity index is 2.23. The van der Waals surface area contributed by atoms with Crippen LogP contribution in [-0.4, -0.2) is 15.5 Å². The van der Waals surface area contributed by atoms with Gasteiger partial charge in [0.05, 0.1) is 0 Å². The maximum absolute atomic E-state index is 13.5. The van der Waals surface area contributed by atoms with Crippen LogP contribution in [0.25, 0.3) is 0 Å². The van der Waals surface area contributed by atoms with E-state index >= 15 is 0 Å². The zero-order chi connectivity index (χ0) is 15.5. The minimum atomic E-state index is -3.66. The molecule has 0 unspecified atom stereocenters. The average Bonchev–Trinajstić information content (AvgIpc) is 2.80. The molecule has 0 spiro atoms.